The molecule has 0 aromatic heterocycles. The van der Waals surface area contributed by atoms with Crippen LogP contribution in [0.2, 0.25) is 0 Å². The van der Waals surface area contributed by atoms with Gasteiger partial charge in [0.25, 0.3) is 0 Å². The molecule has 0 fully saturated rings. The minimum Gasteiger partial charge on any atom is -0.464 e. The largest absolute Gasteiger partial charge is 0.464 e. The molecule has 5 heteroatoms. The summed E-state index contributed by atoms with van der Waals surface area (Å²) in [6.07, 6.45) is 3.93. The van der Waals surface area contributed by atoms with Crippen LogP contribution in [0.15, 0.2) is 17.6 Å². The molecule has 0 aromatic rings. The fourth-order valence-electron chi connectivity index (χ4n) is 1.26. The van der Waals surface area contributed by atoms with Crippen LogP contribution in [0.1, 0.15) is 38.2 Å². The molecule has 18 heavy (non-hydrogen) atoms. The van der Waals surface area contributed by atoms with E-state index < -0.39 is 13.3 Å². The number of esters is 1. The van der Waals surface area contributed by atoms with Gasteiger partial charge in [-0.2, -0.15) is 0 Å². The summed E-state index contributed by atoms with van der Waals surface area (Å²) in [4.78, 5) is 14.8. The Balaban J connectivity index is 0. The van der Waals surface area contributed by atoms with Crippen LogP contribution in [0.3, 0.4) is 0 Å². The smallest absolute Gasteiger partial charge is 0.327 e. The minimum absolute atomic E-state index is 0.102. The number of guanidine groups is 1. The number of carbonyl (C=O) groups excluding carboxylic acids is 1. The summed E-state index contributed by atoms with van der Waals surface area (Å²) >= 11 is 0. The van der Waals surface area contributed by atoms with Crippen molar-refractivity contribution in [1.29, 1.82) is 0 Å². The van der Waals surface area contributed by atoms with Gasteiger partial charge in [0.05, 0.1) is 6.61 Å². The molecule has 0 radical (unpaired) electrons. The Labute approximate surface area is 114 Å². The van der Waals surface area contributed by atoms with Crippen molar-refractivity contribution in [1.82, 2.24) is 0 Å². The molecule has 0 saturated heterocycles. The van der Waals surface area contributed by atoms with Gasteiger partial charge < -0.3 is 16.2 Å². The molecule has 0 spiro atoms. The number of nitrogens with zero attached hydrogens (tertiary/aromatic N) is 1. The summed E-state index contributed by atoms with van der Waals surface area (Å²) in [5.74, 6) is 0.303. The zero-order valence-corrected chi connectivity index (χ0v) is 11.3. The molecule has 0 rings (SSSR count). The molecular weight excluding hydrogens is 230 g/mol. The van der Waals surface area contributed by atoms with Crippen LogP contribution in [0.4, 0.5) is 0 Å². The summed E-state index contributed by atoms with van der Waals surface area (Å²) in [5.41, 5.74) is 10.2. The van der Waals surface area contributed by atoms with E-state index >= 15 is 0 Å². The summed E-state index contributed by atoms with van der Waals surface area (Å²) < 4.78 is 22.8. The number of allylic oxidation sites excluding steroid dienone is 1. The molecule has 0 bridgehead atoms. The van der Waals surface area contributed by atoms with E-state index in [1.165, 1.54) is 0 Å². The van der Waals surface area contributed by atoms with Crippen molar-refractivity contribution in [2.24, 2.45) is 28.3 Å². The first-order valence-corrected chi connectivity index (χ1v) is 5.79. The second-order valence-corrected chi connectivity index (χ2v) is 4.24. The van der Waals surface area contributed by atoms with Crippen LogP contribution >= 0.6 is 0 Å². The monoisotopic (exact) mass is 260 g/mol. The van der Waals surface area contributed by atoms with E-state index in [1.54, 1.807) is 0 Å². The highest BCUT2D eigenvalue weighted by atomic mass is 16.5. The maximum atomic E-state index is 11.2. The van der Waals surface area contributed by atoms with Crippen molar-refractivity contribution in [2.45, 2.75) is 34.0 Å². The fraction of sp³-hybridized carbons (Fsp3) is 0.692. The molecule has 0 aliphatic rings. The van der Waals surface area contributed by atoms with Crippen LogP contribution in [0.25, 0.3) is 0 Å². The van der Waals surface area contributed by atoms with Gasteiger partial charge in [0.1, 0.15) is 6.54 Å². The van der Waals surface area contributed by atoms with E-state index in [2.05, 4.69) is 25.4 Å². The topological polar surface area (TPSA) is 90.7 Å². The van der Waals surface area contributed by atoms with Crippen LogP contribution in [0.5, 0.6) is 0 Å². The molecule has 0 heterocycles. The second-order valence-electron chi connectivity index (χ2n) is 4.24. The average molecular weight is 260 g/mol. The lowest BCUT2D eigenvalue weighted by molar-refractivity contribution is -0.143. The maximum absolute atomic E-state index is 11.2. The predicted octanol–water partition coefficient (Wildman–Crippen LogP) is 1.68. The molecular formula is C13H27N3O2. The number of ether oxygens (including phenoxy) is 1. The van der Waals surface area contributed by atoms with Crippen molar-refractivity contribution in [3.63, 3.8) is 0 Å². The van der Waals surface area contributed by atoms with Crippen LogP contribution in [0, 0.1) is 11.8 Å². The Morgan fingerprint density at radius 1 is 1.56 bits per heavy atom. The Kier molecular flexibility index (Phi) is 7.63. The van der Waals surface area contributed by atoms with Gasteiger partial charge in [0.15, 0.2) is 5.96 Å². The highest BCUT2D eigenvalue weighted by molar-refractivity contribution is 5.80. The Hall–Kier alpha value is -1.52. The number of hydrogen-bond acceptors (Lipinski definition) is 3. The Morgan fingerprint density at radius 2 is 2.17 bits per heavy atom. The standard InChI is InChI=1S/C12H23N3O2.CH4/c1-4-5-6-9(2)10(3)8-17-11(16)7-15-12(13)14;/h4,9-10H,1,5-8H2,2-3H3,(H4,13,14,15);1H4/i;1D3. The number of nitrogens with two attached hydrogens (primary N) is 2. The zero-order valence-electron chi connectivity index (χ0n) is 14.3. The first kappa shape index (κ1) is 12.9. The van der Waals surface area contributed by atoms with E-state index in [4.69, 9.17) is 20.3 Å². The number of rotatable bonds is 8. The molecule has 4 N–H and O–H groups in total. The number of carbonyl (C=O) groups is 1. The molecule has 2 atom stereocenters. The maximum Gasteiger partial charge on any atom is 0.327 e. The Bertz CT molecular complexity index is 319. The third kappa shape index (κ3) is 9.69. The molecule has 106 valence electrons. The van der Waals surface area contributed by atoms with E-state index in [1.807, 2.05) is 6.08 Å². The second kappa shape index (κ2) is 10.6. The van der Waals surface area contributed by atoms with Gasteiger partial charge in [-0.3, -0.25) is 4.79 Å². The molecule has 0 aliphatic carbocycles. The van der Waals surface area contributed by atoms with Gasteiger partial charge >= 0.3 is 5.97 Å². The predicted molar refractivity (Wildman–Crippen MR) is 76.1 cm³/mol. The van der Waals surface area contributed by atoms with Gasteiger partial charge in [0, 0.05) is 4.11 Å². The number of aliphatic imine (C=N–C) groups is 1. The normalized spacial score (nSPS) is 14.9. The summed E-state index contributed by atoms with van der Waals surface area (Å²) in [6.45, 7) is 8.16. The van der Waals surface area contributed by atoms with Gasteiger partial charge in [0.2, 0.25) is 0 Å². The van der Waals surface area contributed by atoms with Crippen molar-refractivity contribution in [3.05, 3.63) is 12.7 Å². The lowest BCUT2D eigenvalue weighted by Gasteiger charge is -2.18. The van der Waals surface area contributed by atoms with Crippen molar-refractivity contribution >= 4 is 11.9 Å². The van der Waals surface area contributed by atoms with Gasteiger partial charge in [-0.25, -0.2) is 4.99 Å². The van der Waals surface area contributed by atoms with Gasteiger partial charge in [-0.05, 0) is 24.7 Å². The van der Waals surface area contributed by atoms with Crippen LogP contribution < -0.4 is 11.5 Å². The fourth-order valence-corrected chi connectivity index (χ4v) is 1.26. The third-order valence-electron chi connectivity index (χ3n) is 2.70. The Morgan fingerprint density at radius 3 is 2.67 bits per heavy atom. The lowest BCUT2D eigenvalue weighted by Crippen LogP contribution is -2.25. The molecule has 0 aromatic carbocycles. The first-order chi connectivity index (χ1) is 9.70. The zero-order chi connectivity index (χ0) is 16.8. The van der Waals surface area contributed by atoms with Crippen LogP contribution in [-0.2, 0) is 9.53 Å². The van der Waals surface area contributed by atoms with Crippen molar-refractivity contribution < 1.29 is 13.6 Å². The molecule has 0 saturated carbocycles. The summed E-state index contributed by atoms with van der Waals surface area (Å²) in [5, 5.41) is 0. The van der Waals surface area contributed by atoms with E-state index in [0.717, 1.165) is 12.8 Å². The van der Waals surface area contributed by atoms with E-state index in [-0.39, 0.29) is 12.5 Å². The van der Waals surface area contributed by atoms with E-state index in [9.17, 15) is 4.79 Å². The highest BCUT2D eigenvalue weighted by Crippen LogP contribution is 2.17. The quantitative estimate of drug-likeness (QED) is 0.301. The lowest BCUT2D eigenvalue weighted by atomic mass is 9.92. The summed E-state index contributed by atoms with van der Waals surface area (Å²) in [7, 11) is -1.42. The van der Waals surface area contributed by atoms with Crippen molar-refractivity contribution in [3.8, 4) is 0 Å². The minimum atomic E-state index is -1.42. The average Bonchev–Trinajstić information content (AvgIpc) is 2.38. The number of hydrogen-bond donors (Lipinski definition) is 2. The van der Waals surface area contributed by atoms with E-state index in [0.29, 0.717) is 18.4 Å². The molecule has 0 amide bonds. The first-order valence-electron chi connectivity index (χ1n) is 7.52. The summed E-state index contributed by atoms with van der Waals surface area (Å²) in [6, 6.07) is 0. The van der Waals surface area contributed by atoms with Crippen LogP contribution in [-0.4, -0.2) is 25.1 Å². The molecule has 2 unspecified atom stereocenters. The molecule has 0 aliphatic heterocycles. The SMILES string of the molecule is C=CCCC(C)C(C)COC(=O)CN=C(N)N.[2H]C([2H])[2H]. The van der Waals surface area contributed by atoms with Crippen molar-refractivity contribution in [2.75, 3.05) is 13.2 Å². The van der Waals surface area contributed by atoms with Gasteiger partial charge in [-0.1, -0.05) is 27.3 Å². The third-order valence-corrected chi connectivity index (χ3v) is 2.70. The van der Waals surface area contributed by atoms with Gasteiger partial charge in [-0.15, -0.1) is 6.58 Å². The highest BCUT2D eigenvalue weighted by Gasteiger charge is 2.13. The molecule has 5 nitrogen and oxygen atoms in total.